The molecule has 0 aliphatic heterocycles. The highest BCUT2D eigenvalue weighted by atomic mass is 35.5. The van der Waals surface area contributed by atoms with E-state index in [0.29, 0.717) is 22.0 Å². The van der Waals surface area contributed by atoms with Gasteiger partial charge in [-0.25, -0.2) is 14.4 Å². The summed E-state index contributed by atoms with van der Waals surface area (Å²) < 4.78 is 13.3. The Bertz CT molecular complexity index is 788. The molecule has 21 heavy (non-hydrogen) atoms. The first kappa shape index (κ1) is 13.5. The normalized spacial score (nSPS) is 10.6. The Morgan fingerprint density at radius 3 is 2.19 bits per heavy atom. The third-order valence-electron chi connectivity index (χ3n) is 3.00. The van der Waals surface area contributed by atoms with Crippen molar-refractivity contribution in [2.75, 3.05) is 5.73 Å². The molecule has 5 heteroatoms. The quantitative estimate of drug-likeness (QED) is 0.772. The second-order valence-electron chi connectivity index (χ2n) is 4.51. The Labute approximate surface area is 126 Å². The highest BCUT2D eigenvalue weighted by Gasteiger charge is 2.07. The maximum absolute atomic E-state index is 13.3. The molecule has 0 aliphatic rings. The number of nitrogen functional groups attached to an aromatic ring is 1. The number of nitrogens with two attached hydrogens (primary N) is 1. The minimum atomic E-state index is -0.322. The van der Waals surface area contributed by atoms with Crippen molar-refractivity contribution in [3.8, 4) is 22.5 Å². The molecule has 0 spiro atoms. The second-order valence-corrected chi connectivity index (χ2v) is 4.95. The zero-order chi connectivity index (χ0) is 14.8. The molecule has 3 nitrogen and oxygen atoms in total. The zero-order valence-corrected chi connectivity index (χ0v) is 11.7. The summed E-state index contributed by atoms with van der Waals surface area (Å²) in [4.78, 5) is 8.37. The lowest BCUT2D eigenvalue weighted by Gasteiger charge is -2.06. The lowest BCUT2D eigenvalue weighted by molar-refractivity contribution is 0.628. The van der Waals surface area contributed by atoms with Gasteiger partial charge in [0.15, 0.2) is 0 Å². The summed E-state index contributed by atoms with van der Waals surface area (Å²) in [5.41, 5.74) is 8.52. The van der Waals surface area contributed by atoms with Gasteiger partial charge < -0.3 is 5.73 Å². The van der Waals surface area contributed by atoms with Crippen molar-refractivity contribution in [3.63, 3.8) is 0 Å². The lowest BCUT2D eigenvalue weighted by Crippen LogP contribution is -1.98. The fourth-order valence-corrected chi connectivity index (χ4v) is 2.16. The van der Waals surface area contributed by atoms with Gasteiger partial charge in [-0.3, -0.25) is 0 Å². The molecule has 2 N–H and O–H groups in total. The molecule has 3 aromatic rings. The number of hydrogen-bond acceptors (Lipinski definition) is 3. The number of anilines is 1. The van der Waals surface area contributed by atoms with E-state index < -0.39 is 0 Å². The minimum Gasteiger partial charge on any atom is -0.368 e. The molecule has 3 rings (SSSR count). The van der Waals surface area contributed by atoms with Gasteiger partial charge in [0.1, 0.15) is 5.82 Å². The van der Waals surface area contributed by atoms with Crippen molar-refractivity contribution in [2.24, 2.45) is 0 Å². The van der Waals surface area contributed by atoms with Crippen molar-refractivity contribution in [3.05, 3.63) is 65.4 Å². The summed E-state index contributed by atoms with van der Waals surface area (Å²) in [5, 5.41) is 0.645. The molecule has 0 fully saturated rings. The van der Waals surface area contributed by atoms with Gasteiger partial charge in [-0.15, -0.1) is 0 Å². The van der Waals surface area contributed by atoms with Crippen molar-refractivity contribution >= 4 is 17.5 Å². The molecule has 0 amide bonds. The van der Waals surface area contributed by atoms with Crippen LogP contribution in [0.15, 0.2) is 54.6 Å². The van der Waals surface area contributed by atoms with Gasteiger partial charge in [-0.2, -0.15) is 0 Å². The second kappa shape index (κ2) is 5.50. The van der Waals surface area contributed by atoms with Gasteiger partial charge in [0.25, 0.3) is 0 Å². The van der Waals surface area contributed by atoms with Crippen LogP contribution in [-0.4, -0.2) is 9.97 Å². The molecular weight excluding hydrogens is 289 g/mol. The largest absolute Gasteiger partial charge is 0.368 e. The van der Waals surface area contributed by atoms with E-state index in [0.717, 1.165) is 5.56 Å². The predicted octanol–water partition coefficient (Wildman–Crippen LogP) is 4.19. The number of aromatic nitrogens is 2. The molecule has 0 atom stereocenters. The molecule has 0 bridgehead atoms. The highest BCUT2D eigenvalue weighted by molar-refractivity contribution is 6.30. The summed E-state index contributed by atoms with van der Waals surface area (Å²) in [6, 6.07) is 15.2. The van der Waals surface area contributed by atoms with E-state index >= 15 is 0 Å². The minimum absolute atomic E-state index is 0.140. The van der Waals surface area contributed by atoms with Gasteiger partial charge in [0, 0.05) is 16.1 Å². The molecular formula is C16H11ClFN3. The number of nitrogens with zero attached hydrogens (tertiary/aromatic N) is 2. The third-order valence-corrected chi connectivity index (χ3v) is 3.26. The van der Waals surface area contributed by atoms with Gasteiger partial charge in [0.2, 0.25) is 5.95 Å². The highest BCUT2D eigenvalue weighted by Crippen LogP contribution is 2.25. The maximum atomic E-state index is 13.3. The van der Waals surface area contributed by atoms with E-state index in [4.69, 9.17) is 17.3 Å². The molecule has 104 valence electrons. The molecule has 0 saturated carbocycles. The first-order chi connectivity index (χ1) is 10.1. The average molecular weight is 300 g/mol. The molecule has 0 saturated heterocycles. The summed E-state index contributed by atoms with van der Waals surface area (Å²) in [7, 11) is 0. The Kier molecular flexibility index (Phi) is 3.54. The molecule has 1 heterocycles. The number of halogens is 2. The van der Waals surface area contributed by atoms with Crippen LogP contribution in [0.4, 0.5) is 10.3 Å². The summed E-state index contributed by atoms with van der Waals surface area (Å²) in [6.45, 7) is 0. The topological polar surface area (TPSA) is 51.8 Å². The molecule has 2 aromatic carbocycles. The van der Waals surface area contributed by atoms with Gasteiger partial charge in [-0.1, -0.05) is 35.9 Å². The third kappa shape index (κ3) is 3.01. The maximum Gasteiger partial charge on any atom is 0.221 e. The molecule has 0 aliphatic carbocycles. The standard InChI is InChI=1S/C16H11ClFN3/c17-12-6-4-10(5-7-12)14-9-15(21-16(19)20-14)11-2-1-3-13(18)8-11/h1-9H,(H2,19,20,21). The van der Waals surface area contributed by atoms with Crippen LogP contribution in [0.3, 0.4) is 0 Å². The van der Waals surface area contributed by atoms with Crippen LogP contribution < -0.4 is 5.73 Å². The van der Waals surface area contributed by atoms with Crippen LogP contribution in [0.1, 0.15) is 0 Å². The van der Waals surface area contributed by atoms with Crippen LogP contribution in [-0.2, 0) is 0 Å². The van der Waals surface area contributed by atoms with E-state index in [2.05, 4.69) is 9.97 Å². The van der Waals surface area contributed by atoms with Gasteiger partial charge in [-0.05, 0) is 30.3 Å². The molecule has 1 aromatic heterocycles. The van der Waals surface area contributed by atoms with Crippen molar-refractivity contribution < 1.29 is 4.39 Å². The number of benzene rings is 2. The first-order valence-corrected chi connectivity index (χ1v) is 6.66. The van der Waals surface area contributed by atoms with E-state index in [9.17, 15) is 4.39 Å². The van der Waals surface area contributed by atoms with Gasteiger partial charge >= 0.3 is 0 Å². The van der Waals surface area contributed by atoms with Crippen molar-refractivity contribution in [1.29, 1.82) is 0 Å². The van der Waals surface area contributed by atoms with Gasteiger partial charge in [0.05, 0.1) is 11.4 Å². The van der Waals surface area contributed by atoms with Crippen LogP contribution in [0.25, 0.3) is 22.5 Å². The zero-order valence-electron chi connectivity index (χ0n) is 10.9. The van der Waals surface area contributed by atoms with Crippen LogP contribution >= 0.6 is 11.6 Å². The summed E-state index contributed by atoms with van der Waals surface area (Å²) in [6.07, 6.45) is 0. The predicted molar refractivity (Wildman–Crippen MR) is 82.3 cm³/mol. The Morgan fingerprint density at radius 1 is 0.857 bits per heavy atom. The summed E-state index contributed by atoms with van der Waals surface area (Å²) in [5.74, 6) is -0.181. The van der Waals surface area contributed by atoms with E-state index in [-0.39, 0.29) is 11.8 Å². The SMILES string of the molecule is Nc1nc(-c2ccc(Cl)cc2)cc(-c2cccc(F)c2)n1. The first-order valence-electron chi connectivity index (χ1n) is 6.28. The van der Waals surface area contributed by atoms with E-state index in [1.165, 1.54) is 12.1 Å². The Hall–Kier alpha value is -2.46. The van der Waals surface area contributed by atoms with Crippen LogP contribution in [0.5, 0.6) is 0 Å². The number of rotatable bonds is 2. The van der Waals surface area contributed by atoms with E-state index in [1.807, 2.05) is 12.1 Å². The fourth-order valence-electron chi connectivity index (χ4n) is 2.03. The van der Waals surface area contributed by atoms with Crippen molar-refractivity contribution in [1.82, 2.24) is 9.97 Å². The fraction of sp³-hybridized carbons (Fsp3) is 0. The summed E-state index contributed by atoms with van der Waals surface area (Å²) >= 11 is 5.88. The molecule has 0 unspecified atom stereocenters. The van der Waals surface area contributed by atoms with Crippen molar-refractivity contribution in [2.45, 2.75) is 0 Å². The Balaban J connectivity index is 2.10. The Morgan fingerprint density at radius 2 is 1.52 bits per heavy atom. The monoisotopic (exact) mass is 299 g/mol. The van der Waals surface area contributed by atoms with Crippen LogP contribution in [0.2, 0.25) is 5.02 Å². The molecule has 0 radical (unpaired) electrons. The lowest BCUT2D eigenvalue weighted by atomic mass is 10.1. The van der Waals surface area contributed by atoms with Crippen LogP contribution in [0, 0.1) is 5.82 Å². The number of hydrogen-bond donors (Lipinski definition) is 1. The smallest absolute Gasteiger partial charge is 0.221 e. The average Bonchev–Trinajstić information content (AvgIpc) is 2.47. The van der Waals surface area contributed by atoms with E-state index in [1.54, 1.807) is 30.3 Å².